The Labute approximate surface area is 82.3 Å². The van der Waals surface area contributed by atoms with Gasteiger partial charge < -0.3 is 5.32 Å². The Hall–Kier alpha value is -0.340. The van der Waals surface area contributed by atoms with Crippen LogP contribution in [-0.2, 0) is 0 Å². The van der Waals surface area contributed by atoms with E-state index < -0.39 is 0 Å². The molecule has 0 bridgehead atoms. The van der Waals surface area contributed by atoms with Crippen molar-refractivity contribution in [2.75, 3.05) is 6.54 Å². The molecule has 1 N–H and O–H groups in total. The van der Waals surface area contributed by atoms with E-state index >= 15 is 0 Å². The molecular weight excluding hydrogens is 214 g/mol. The van der Waals surface area contributed by atoms with Gasteiger partial charge in [-0.25, -0.2) is 0 Å². The van der Waals surface area contributed by atoms with Crippen molar-refractivity contribution in [3.8, 4) is 0 Å². The molecule has 0 heterocycles. The molecule has 12 heavy (non-hydrogen) atoms. The molecule has 0 aliphatic carbocycles. The zero-order valence-corrected chi connectivity index (χ0v) is 9.06. The van der Waals surface area contributed by atoms with Crippen LogP contribution in [0.5, 0.6) is 0 Å². The molecule has 1 nitrogen and oxygen atoms in total. The first-order chi connectivity index (χ1) is 5.74. The maximum Gasteiger partial charge on any atom is 0.0291 e. The first-order valence-electron chi connectivity index (χ1n) is 4.23. The monoisotopic (exact) mass is 227 g/mol. The molecule has 0 unspecified atom stereocenters. The lowest BCUT2D eigenvalue weighted by Crippen LogP contribution is -2.17. The maximum absolute atomic E-state index is 3.41. The quantitative estimate of drug-likeness (QED) is 0.838. The minimum Gasteiger partial charge on any atom is -0.310 e. The van der Waals surface area contributed by atoms with Gasteiger partial charge in [-0.3, -0.25) is 0 Å². The van der Waals surface area contributed by atoms with Crippen LogP contribution in [0, 0.1) is 0 Å². The van der Waals surface area contributed by atoms with E-state index in [9.17, 15) is 0 Å². The van der Waals surface area contributed by atoms with E-state index in [0.717, 1.165) is 11.0 Å². The smallest absolute Gasteiger partial charge is 0.0291 e. The molecule has 0 aliphatic heterocycles. The Bertz CT molecular complexity index is 230. The predicted molar refractivity (Wildman–Crippen MR) is 56.2 cm³/mol. The SMILES string of the molecule is CCN[C@@H](C)c1ccc(Br)cc1. The molecule has 0 saturated heterocycles. The molecule has 2 heteroatoms. The highest BCUT2D eigenvalue weighted by atomic mass is 79.9. The average molecular weight is 228 g/mol. The van der Waals surface area contributed by atoms with Crippen LogP contribution in [0.2, 0.25) is 0 Å². The third kappa shape index (κ3) is 2.61. The molecular formula is C10H14BrN. The second-order valence-electron chi connectivity index (χ2n) is 2.83. The summed E-state index contributed by atoms with van der Waals surface area (Å²) in [5, 5.41) is 3.37. The molecule has 1 aromatic carbocycles. The van der Waals surface area contributed by atoms with Crippen LogP contribution in [0.3, 0.4) is 0 Å². The largest absolute Gasteiger partial charge is 0.310 e. The van der Waals surface area contributed by atoms with Gasteiger partial charge in [-0.15, -0.1) is 0 Å². The zero-order chi connectivity index (χ0) is 8.97. The van der Waals surface area contributed by atoms with Crippen molar-refractivity contribution < 1.29 is 0 Å². The van der Waals surface area contributed by atoms with Gasteiger partial charge in [0.1, 0.15) is 0 Å². The standard InChI is InChI=1S/C10H14BrN/c1-3-12-8(2)9-4-6-10(11)7-5-9/h4-8,12H,3H2,1-2H3/t8-/m0/s1. The van der Waals surface area contributed by atoms with Crippen LogP contribution in [0.15, 0.2) is 28.7 Å². The minimum atomic E-state index is 0.447. The Morgan fingerprint density at radius 2 is 1.92 bits per heavy atom. The molecule has 1 aromatic rings. The molecule has 0 radical (unpaired) electrons. The normalized spacial score (nSPS) is 12.9. The lowest BCUT2D eigenvalue weighted by molar-refractivity contribution is 0.598. The van der Waals surface area contributed by atoms with Crippen molar-refractivity contribution in [1.82, 2.24) is 5.32 Å². The van der Waals surface area contributed by atoms with E-state index in [-0.39, 0.29) is 0 Å². The fourth-order valence-corrected chi connectivity index (χ4v) is 1.44. The van der Waals surface area contributed by atoms with Gasteiger partial charge in [-0.1, -0.05) is 35.0 Å². The van der Waals surface area contributed by atoms with Crippen LogP contribution >= 0.6 is 15.9 Å². The van der Waals surface area contributed by atoms with Crippen LogP contribution in [0.25, 0.3) is 0 Å². The summed E-state index contributed by atoms with van der Waals surface area (Å²) in [6, 6.07) is 8.87. The summed E-state index contributed by atoms with van der Waals surface area (Å²) in [7, 11) is 0. The molecule has 0 aromatic heterocycles. The molecule has 0 aliphatic rings. The molecule has 1 rings (SSSR count). The van der Waals surface area contributed by atoms with Crippen LogP contribution < -0.4 is 5.32 Å². The highest BCUT2D eigenvalue weighted by Gasteiger charge is 2.01. The fraction of sp³-hybridized carbons (Fsp3) is 0.400. The van der Waals surface area contributed by atoms with Crippen molar-refractivity contribution >= 4 is 15.9 Å². The summed E-state index contributed by atoms with van der Waals surface area (Å²) in [4.78, 5) is 0. The van der Waals surface area contributed by atoms with Crippen molar-refractivity contribution in [2.45, 2.75) is 19.9 Å². The van der Waals surface area contributed by atoms with E-state index in [2.05, 4.69) is 59.4 Å². The molecule has 0 amide bonds. The van der Waals surface area contributed by atoms with Gasteiger partial charge in [0.05, 0.1) is 0 Å². The highest BCUT2D eigenvalue weighted by molar-refractivity contribution is 9.10. The number of hydrogen-bond donors (Lipinski definition) is 1. The van der Waals surface area contributed by atoms with Gasteiger partial charge in [0.2, 0.25) is 0 Å². The van der Waals surface area contributed by atoms with Gasteiger partial charge in [0, 0.05) is 10.5 Å². The number of nitrogens with one attached hydrogen (secondary N) is 1. The van der Waals surface area contributed by atoms with Crippen LogP contribution in [0.1, 0.15) is 25.5 Å². The van der Waals surface area contributed by atoms with Crippen molar-refractivity contribution in [1.29, 1.82) is 0 Å². The minimum absolute atomic E-state index is 0.447. The van der Waals surface area contributed by atoms with E-state index in [4.69, 9.17) is 0 Å². The summed E-state index contributed by atoms with van der Waals surface area (Å²) in [5.74, 6) is 0. The first kappa shape index (κ1) is 9.75. The predicted octanol–water partition coefficient (Wildman–Crippen LogP) is 3.12. The summed E-state index contributed by atoms with van der Waals surface area (Å²) in [6.45, 7) is 5.30. The number of hydrogen-bond acceptors (Lipinski definition) is 1. The van der Waals surface area contributed by atoms with Gasteiger partial charge in [-0.2, -0.15) is 0 Å². The molecule has 1 atom stereocenters. The van der Waals surface area contributed by atoms with E-state index in [1.165, 1.54) is 5.56 Å². The van der Waals surface area contributed by atoms with E-state index in [0.29, 0.717) is 6.04 Å². The molecule has 0 saturated carbocycles. The fourth-order valence-electron chi connectivity index (χ4n) is 1.18. The first-order valence-corrected chi connectivity index (χ1v) is 5.02. The third-order valence-corrected chi connectivity index (χ3v) is 2.41. The van der Waals surface area contributed by atoms with Gasteiger partial charge in [0.15, 0.2) is 0 Å². The topological polar surface area (TPSA) is 12.0 Å². The second kappa shape index (κ2) is 4.63. The third-order valence-electron chi connectivity index (χ3n) is 1.88. The maximum atomic E-state index is 3.41. The van der Waals surface area contributed by atoms with Crippen molar-refractivity contribution in [3.05, 3.63) is 34.3 Å². The summed E-state index contributed by atoms with van der Waals surface area (Å²) in [5.41, 5.74) is 1.33. The summed E-state index contributed by atoms with van der Waals surface area (Å²) < 4.78 is 1.13. The van der Waals surface area contributed by atoms with Crippen molar-refractivity contribution in [3.63, 3.8) is 0 Å². The Morgan fingerprint density at radius 1 is 1.33 bits per heavy atom. The number of halogens is 1. The average Bonchev–Trinajstić information content (AvgIpc) is 2.06. The number of benzene rings is 1. The van der Waals surface area contributed by atoms with Crippen molar-refractivity contribution in [2.24, 2.45) is 0 Å². The summed E-state index contributed by atoms with van der Waals surface area (Å²) >= 11 is 3.41. The summed E-state index contributed by atoms with van der Waals surface area (Å²) in [6.07, 6.45) is 0. The molecule has 66 valence electrons. The number of rotatable bonds is 3. The van der Waals surface area contributed by atoms with Gasteiger partial charge >= 0.3 is 0 Å². The Morgan fingerprint density at radius 3 is 2.42 bits per heavy atom. The van der Waals surface area contributed by atoms with E-state index in [1.807, 2.05) is 0 Å². The zero-order valence-electron chi connectivity index (χ0n) is 7.47. The van der Waals surface area contributed by atoms with Gasteiger partial charge in [0.25, 0.3) is 0 Å². The molecule has 0 spiro atoms. The Balaban J connectivity index is 2.68. The lowest BCUT2D eigenvalue weighted by atomic mass is 10.1. The van der Waals surface area contributed by atoms with Crippen LogP contribution in [0.4, 0.5) is 0 Å². The van der Waals surface area contributed by atoms with Crippen LogP contribution in [-0.4, -0.2) is 6.54 Å². The Kier molecular flexibility index (Phi) is 3.76. The second-order valence-corrected chi connectivity index (χ2v) is 3.75. The van der Waals surface area contributed by atoms with Gasteiger partial charge in [-0.05, 0) is 31.2 Å². The molecule has 0 fully saturated rings. The lowest BCUT2D eigenvalue weighted by Gasteiger charge is -2.12. The van der Waals surface area contributed by atoms with E-state index in [1.54, 1.807) is 0 Å². The highest BCUT2D eigenvalue weighted by Crippen LogP contribution is 2.15.